The fraction of sp³-hybridized carbons (Fsp3) is 0.500. The van der Waals surface area contributed by atoms with Crippen LogP contribution >= 0.6 is 0 Å². The van der Waals surface area contributed by atoms with Gasteiger partial charge in [0, 0.05) is 26.4 Å². The average Bonchev–Trinajstić information content (AvgIpc) is 2.97. The Morgan fingerprint density at radius 2 is 2.18 bits per heavy atom. The number of ether oxygens (including phenoxy) is 1. The zero-order valence-corrected chi connectivity index (χ0v) is 13.5. The minimum atomic E-state index is -0.101. The van der Waals surface area contributed by atoms with Crippen molar-refractivity contribution in [3.05, 3.63) is 35.3 Å². The zero-order valence-electron chi connectivity index (χ0n) is 13.5. The molecular formula is C16H22N4O2. The lowest BCUT2D eigenvalue weighted by Crippen LogP contribution is -2.44. The highest BCUT2D eigenvalue weighted by Crippen LogP contribution is 2.16. The van der Waals surface area contributed by atoms with Crippen molar-refractivity contribution < 1.29 is 9.53 Å². The summed E-state index contributed by atoms with van der Waals surface area (Å²) in [7, 11) is 3.71. The summed E-state index contributed by atoms with van der Waals surface area (Å²) in [5, 5.41) is 3.09. The first-order chi connectivity index (χ1) is 10.5. The first-order valence-electron chi connectivity index (χ1n) is 7.47. The third-order valence-electron chi connectivity index (χ3n) is 4.24. The van der Waals surface area contributed by atoms with Crippen LogP contribution in [-0.4, -0.2) is 59.6 Å². The number of aryl methyl sites for hydroxylation is 2. The highest BCUT2D eigenvalue weighted by molar-refractivity contribution is 5.95. The maximum atomic E-state index is 12.7. The lowest BCUT2D eigenvalue weighted by Gasteiger charge is -2.18. The van der Waals surface area contributed by atoms with Crippen LogP contribution in [0.5, 0.6) is 0 Å². The number of aromatic nitrogens is 2. The van der Waals surface area contributed by atoms with E-state index in [4.69, 9.17) is 4.74 Å². The molecule has 1 aliphatic heterocycles. The minimum absolute atomic E-state index is 0.00195. The van der Waals surface area contributed by atoms with Crippen molar-refractivity contribution in [3.8, 4) is 0 Å². The Labute approximate surface area is 130 Å². The molecule has 1 N–H and O–H groups in total. The van der Waals surface area contributed by atoms with Crippen LogP contribution in [-0.2, 0) is 4.74 Å². The number of methoxy groups -OCH3 is 1. The van der Waals surface area contributed by atoms with Gasteiger partial charge >= 0.3 is 0 Å². The Bertz CT molecular complexity index is 709. The van der Waals surface area contributed by atoms with E-state index < -0.39 is 0 Å². The Hall–Kier alpha value is -1.92. The molecule has 2 atom stereocenters. The predicted octanol–water partition coefficient (Wildman–Crippen LogP) is 1.01. The van der Waals surface area contributed by atoms with E-state index in [-0.39, 0.29) is 18.1 Å². The second-order valence-corrected chi connectivity index (χ2v) is 6.05. The molecule has 0 saturated carbocycles. The second-order valence-electron chi connectivity index (χ2n) is 6.05. The van der Waals surface area contributed by atoms with Crippen LogP contribution in [0.4, 0.5) is 0 Å². The summed E-state index contributed by atoms with van der Waals surface area (Å²) in [5.41, 5.74) is 3.26. The van der Waals surface area contributed by atoms with E-state index in [1.807, 2.05) is 43.6 Å². The van der Waals surface area contributed by atoms with Crippen molar-refractivity contribution in [1.29, 1.82) is 0 Å². The topological polar surface area (TPSA) is 58.9 Å². The summed E-state index contributed by atoms with van der Waals surface area (Å²) in [5.74, 6) is -0.101. The van der Waals surface area contributed by atoms with E-state index in [1.54, 1.807) is 7.11 Å². The van der Waals surface area contributed by atoms with Gasteiger partial charge in [-0.15, -0.1) is 0 Å². The molecule has 0 bridgehead atoms. The largest absolute Gasteiger partial charge is 0.378 e. The van der Waals surface area contributed by atoms with Crippen LogP contribution in [0.15, 0.2) is 18.3 Å². The Morgan fingerprint density at radius 3 is 2.91 bits per heavy atom. The minimum Gasteiger partial charge on any atom is -0.378 e. The number of imidazole rings is 1. The van der Waals surface area contributed by atoms with Crippen LogP contribution in [0.2, 0.25) is 0 Å². The molecule has 3 heterocycles. The van der Waals surface area contributed by atoms with Crippen molar-refractivity contribution in [3.63, 3.8) is 0 Å². The van der Waals surface area contributed by atoms with Gasteiger partial charge in [0.05, 0.1) is 17.8 Å². The SMILES string of the molecule is CO[C@H]1CN(C)C[C@@H]1NC(=O)c1c(C)nc2cc(C)ccn12. The van der Waals surface area contributed by atoms with Crippen LogP contribution in [0.1, 0.15) is 21.7 Å². The molecule has 1 amide bonds. The molecule has 118 valence electrons. The quantitative estimate of drug-likeness (QED) is 0.919. The lowest BCUT2D eigenvalue weighted by atomic mass is 10.2. The van der Waals surface area contributed by atoms with Gasteiger partial charge < -0.3 is 15.0 Å². The van der Waals surface area contributed by atoms with Crippen LogP contribution in [0, 0.1) is 13.8 Å². The van der Waals surface area contributed by atoms with Crippen molar-refractivity contribution in [2.24, 2.45) is 0 Å². The highest BCUT2D eigenvalue weighted by atomic mass is 16.5. The average molecular weight is 302 g/mol. The van der Waals surface area contributed by atoms with Crippen molar-refractivity contribution >= 4 is 11.6 Å². The van der Waals surface area contributed by atoms with Crippen LogP contribution in [0.25, 0.3) is 5.65 Å². The number of likely N-dealkylation sites (tertiary alicyclic amines) is 1. The van der Waals surface area contributed by atoms with E-state index >= 15 is 0 Å². The second kappa shape index (κ2) is 5.70. The third kappa shape index (κ3) is 2.60. The summed E-state index contributed by atoms with van der Waals surface area (Å²) in [6.45, 7) is 5.50. The van der Waals surface area contributed by atoms with Gasteiger partial charge in [0.2, 0.25) is 0 Å². The third-order valence-corrected chi connectivity index (χ3v) is 4.24. The van der Waals surface area contributed by atoms with Gasteiger partial charge in [-0.05, 0) is 38.6 Å². The summed E-state index contributed by atoms with van der Waals surface area (Å²) in [6.07, 6.45) is 1.92. The Balaban J connectivity index is 1.88. The van der Waals surface area contributed by atoms with Gasteiger partial charge in [-0.3, -0.25) is 9.20 Å². The van der Waals surface area contributed by atoms with E-state index in [0.717, 1.165) is 30.0 Å². The maximum absolute atomic E-state index is 12.7. The molecular weight excluding hydrogens is 280 g/mol. The first-order valence-corrected chi connectivity index (χ1v) is 7.47. The fourth-order valence-electron chi connectivity index (χ4n) is 3.11. The lowest BCUT2D eigenvalue weighted by molar-refractivity contribution is 0.0762. The molecule has 3 rings (SSSR count). The molecule has 1 fully saturated rings. The molecule has 6 heteroatoms. The molecule has 1 saturated heterocycles. The molecule has 2 aromatic heterocycles. The van der Waals surface area contributed by atoms with Gasteiger partial charge in [0.1, 0.15) is 11.3 Å². The number of nitrogens with zero attached hydrogens (tertiary/aromatic N) is 3. The highest BCUT2D eigenvalue weighted by Gasteiger charge is 2.33. The predicted molar refractivity (Wildman–Crippen MR) is 84.2 cm³/mol. The molecule has 2 aromatic rings. The number of likely N-dealkylation sites (N-methyl/N-ethyl adjacent to an activating group) is 1. The summed E-state index contributed by atoms with van der Waals surface area (Å²) < 4.78 is 7.31. The number of amides is 1. The summed E-state index contributed by atoms with van der Waals surface area (Å²) >= 11 is 0. The number of pyridine rings is 1. The summed E-state index contributed by atoms with van der Waals surface area (Å²) in [6, 6.07) is 3.95. The van der Waals surface area contributed by atoms with Crippen molar-refractivity contribution in [2.45, 2.75) is 26.0 Å². The standard InChI is InChI=1S/C16H22N4O2/c1-10-5-6-20-14(7-10)17-11(2)15(20)16(21)18-12-8-19(3)9-13(12)22-4/h5-7,12-13H,8-9H2,1-4H3,(H,18,21)/t12-,13-/m0/s1. The van der Waals surface area contributed by atoms with Gasteiger partial charge in [0.15, 0.2) is 0 Å². The number of carbonyl (C=O) groups excluding carboxylic acids is 1. The van der Waals surface area contributed by atoms with Gasteiger partial charge in [0.25, 0.3) is 5.91 Å². The van der Waals surface area contributed by atoms with Gasteiger partial charge in [-0.2, -0.15) is 0 Å². The molecule has 6 nitrogen and oxygen atoms in total. The number of rotatable bonds is 3. The normalized spacial score (nSPS) is 22.4. The number of hydrogen-bond acceptors (Lipinski definition) is 4. The van der Waals surface area contributed by atoms with Gasteiger partial charge in [-0.25, -0.2) is 4.98 Å². The molecule has 0 aromatic carbocycles. The maximum Gasteiger partial charge on any atom is 0.270 e. The molecule has 1 aliphatic rings. The molecule has 0 radical (unpaired) electrons. The Kier molecular flexibility index (Phi) is 3.88. The van der Waals surface area contributed by atoms with E-state index in [1.165, 1.54) is 0 Å². The van der Waals surface area contributed by atoms with Crippen LogP contribution < -0.4 is 5.32 Å². The molecule has 22 heavy (non-hydrogen) atoms. The number of hydrogen-bond donors (Lipinski definition) is 1. The number of fused-ring (bicyclic) bond motifs is 1. The zero-order chi connectivity index (χ0) is 15.9. The number of nitrogens with one attached hydrogen (secondary N) is 1. The smallest absolute Gasteiger partial charge is 0.270 e. The van der Waals surface area contributed by atoms with Crippen LogP contribution in [0.3, 0.4) is 0 Å². The first kappa shape index (κ1) is 15.0. The van der Waals surface area contributed by atoms with E-state index in [2.05, 4.69) is 15.2 Å². The van der Waals surface area contributed by atoms with Crippen molar-refractivity contribution in [1.82, 2.24) is 19.6 Å². The molecule has 0 unspecified atom stereocenters. The fourth-order valence-corrected chi connectivity index (χ4v) is 3.11. The van der Waals surface area contributed by atoms with E-state index in [9.17, 15) is 4.79 Å². The van der Waals surface area contributed by atoms with Gasteiger partial charge in [-0.1, -0.05) is 0 Å². The van der Waals surface area contributed by atoms with E-state index in [0.29, 0.717) is 5.69 Å². The monoisotopic (exact) mass is 302 g/mol. The molecule has 0 spiro atoms. The van der Waals surface area contributed by atoms with Crippen molar-refractivity contribution in [2.75, 3.05) is 27.2 Å². The molecule has 0 aliphatic carbocycles. The summed E-state index contributed by atoms with van der Waals surface area (Å²) in [4.78, 5) is 19.3. The number of carbonyl (C=O) groups is 1. The Morgan fingerprint density at radius 1 is 1.41 bits per heavy atom.